The van der Waals surface area contributed by atoms with Crippen LogP contribution in [0.5, 0.6) is 11.5 Å². The predicted octanol–water partition coefficient (Wildman–Crippen LogP) is 5.56. The number of para-hydroxylation sites is 1. The van der Waals surface area contributed by atoms with Crippen molar-refractivity contribution in [2.24, 2.45) is 0 Å². The number of methoxy groups -OCH3 is 1. The molecule has 0 amide bonds. The Labute approximate surface area is 174 Å². The van der Waals surface area contributed by atoms with Crippen molar-refractivity contribution in [3.8, 4) is 11.5 Å². The lowest BCUT2D eigenvalue weighted by molar-refractivity contribution is 0.252. The summed E-state index contributed by atoms with van der Waals surface area (Å²) in [4.78, 5) is 2.30. The first-order valence-corrected chi connectivity index (χ1v) is 11.6. The predicted molar refractivity (Wildman–Crippen MR) is 117 cm³/mol. The molecule has 6 nitrogen and oxygen atoms in total. The van der Waals surface area contributed by atoms with Crippen molar-refractivity contribution >= 4 is 13.4 Å². The molecule has 2 aromatic rings. The standard InChI is InChI=1S/C22H31N2O4P/c1-23(29(25,27-3)28-22-12-8-5-9-13-22)18-24(19-10-6-4-7-11-19)20-14-16-21(26-2)17-15-20/h5,8-9,12-17,19H,4,6-7,10-11,18H2,1-3H3. The van der Waals surface area contributed by atoms with Crippen LogP contribution >= 0.6 is 7.75 Å². The van der Waals surface area contributed by atoms with Gasteiger partial charge in [-0.15, -0.1) is 0 Å². The number of benzene rings is 2. The summed E-state index contributed by atoms with van der Waals surface area (Å²) in [5, 5.41) is 0. The highest BCUT2D eigenvalue weighted by atomic mass is 31.2. The van der Waals surface area contributed by atoms with Gasteiger partial charge in [-0.05, 0) is 49.2 Å². The Kier molecular flexibility index (Phi) is 7.59. The maximum Gasteiger partial charge on any atom is 0.462 e. The van der Waals surface area contributed by atoms with E-state index in [4.69, 9.17) is 13.8 Å². The van der Waals surface area contributed by atoms with E-state index in [9.17, 15) is 4.57 Å². The molecule has 0 aromatic heterocycles. The Morgan fingerprint density at radius 3 is 2.17 bits per heavy atom. The number of rotatable bonds is 9. The summed E-state index contributed by atoms with van der Waals surface area (Å²) in [6.07, 6.45) is 5.94. The largest absolute Gasteiger partial charge is 0.497 e. The molecule has 1 atom stereocenters. The van der Waals surface area contributed by atoms with Gasteiger partial charge < -0.3 is 14.2 Å². The molecule has 0 aliphatic heterocycles. The summed E-state index contributed by atoms with van der Waals surface area (Å²) >= 11 is 0. The van der Waals surface area contributed by atoms with E-state index in [1.807, 2.05) is 30.3 Å². The fourth-order valence-corrected chi connectivity index (χ4v) is 4.91. The van der Waals surface area contributed by atoms with Crippen molar-refractivity contribution in [3.05, 3.63) is 54.6 Å². The molecule has 2 aromatic carbocycles. The summed E-state index contributed by atoms with van der Waals surface area (Å²) in [6, 6.07) is 17.6. The molecule has 0 spiro atoms. The first-order chi connectivity index (χ1) is 14.1. The maximum atomic E-state index is 13.4. The number of hydrogen-bond acceptors (Lipinski definition) is 5. The summed E-state index contributed by atoms with van der Waals surface area (Å²) in [7, 11) is 1.39. The molecular weight excluding hydrogens is 387 g/mol. The lowest BCUT2D eigenvalue weighted by Crippen LogP contribution is -2.43. The van der Waals surface area contributed by atoms with Crippen LogP contribution in [0.3, 0.4) is 0 Å². The van der Waals surface area contributed by atoms with Crippen molar-refractivity contribution in [1.82, 2.24) is 4.67 Å². The second kappa shape index (κ2) is 10.1. The molecule has 0 radical (unpaired) electrons. The maximum absolute atomic E-state index is 13.4. The first-order valence-electron chi connectivity index (χ1n) is 10.1. The van der Waals surface area contributed by atoms with Crippen LogP contribution in [0.2, 0.25) is 0 Å². The van der Waals surface area contributed by atoms with Crippen LogP contribution in [0.4, 0.5) is 5.69 Å². The van der Waals surface area contributed by atoms with Crippen molar-refractivity contribution in [1.29, 1.82) is 0 Å². The smallest absolute Gasteiger partial charge is 0.462 e. The van der Waals surface area contributed by atoms with E-state index in [1.165, 1.54) is 26.4 Å². The first kappa shape index (κ1) is 21.7. The Hall–Kier alpha value is -2.01. The highest BCUT2D eigenvalue weighted by molar-refractivity contribution is 7.51. The molecular formula is C22H31N2O4P. The van der Waals surface area contributed by atoms with Gasteiger partial charge in [-0.25, -0.2) is 4.57 Å². The lowest BCUT2D eigenvalue weighted by atomic mass is 9.94. The molecule has 1 aliphatic rings. The second-order valence-electron chi connectivity index (χ2n) is 7.31. The van der Waals surface area contributed by atoms with Crippen LogP contribution in [0, 0.1) is 0 Å². The SMILES string of the molecule is COc1ccc(N(CN(C)P(=O)(OC)Oc2ccccc2)C2CCCCC2)cc1. The van der Waals surface area contributed by atoms with Gasteiger partial charge in [0, 0.05) is 25.9 Å². The molecule has 1 fully saturated rings. The van der Waals surface area contributed by atoms with Crippen LogP contribution in [0.15, 0.2) is 54.6 Å². The molecule has 0 bridgehead atoms. The van der Waals surface area contributed by atoms with E-state index < -0.39 is 7.75 Å². The zero-order chi connectivity index (χ0) is 20.7. The van der Waals surface area contributed by atoms with Gasteiger partial charge in [-0.3, -0.25) is 4.52 Å². The van der Waals surface area contributed by atoms with Gasteiger partial charge in [0.2, 0.25) is 0 Å². The van der Waals surface area contributed by atoms with Crippen LogP contribution in [-0.4, -0.2) is 38.6 Å². The fraction of sp³-hybridized carbons (Fsp3) is 0.455. The van der Waals surface area contributed by atoms with Crippen LogP contribution in [0.1, 0.15) is 32.1 Å². The number of ether oxygens (including phenoxy) is 1. The van der Waals surface area contributed by atoms with Gasteiger partial charge >= 0.3 is 7.75 Å². The topological polar surface area (TPSA) is 51.2 Å². The van der Waals surface area contributed by atoms with Gasteiger partial charge in [0.25, 0.3) is 0 Å². The van der Waals surface area contributed by atoms with Crippen LogP contribution in [0.25, 0.3) is 0 Å². The molecule has 0 N–H and O–H groups in total. The molecule has 158 valence electrons. The summed E-state index contributed by atoms with van der Waals surface area (Å²) in [5.74, 6) is 1.35. The third-order valence-electron chi connectivity index (χ3n) is 5.39. The van der Waals surface area contributed by atoms with E-state index in [-0.39, 0.29) is 0 Å². The highest BCUT2D eigenvalue weighted by Crippen LogP contribution is 2.50. The second-order valence-corrected chi connectivity index (χ2v) is 9.48. The van der Waals surface area contributed by atoms with Crippen molar-refractivity contribution in [2.75, 3.05) is 32.8 Å². The Bertz CT molecular complexity index is 794. The monoisotopic (exact) mass is 418 g/mol. The van der Waals surface area contributed by atoms with E-state index in [0.717, 1.165) is 24.3 Å². The number of anilines is 1. The van der Waals surface area contributed by atoms with Crippen molar-refractivity contribution in [2.45, 2.75) is 38.1 Å². The molecule has 0 saturated heterocycles. The zero-order valence-corrected chi connectivity index (χ0v) is 18.4. The van der Waals surface area contributed by atoms with Gasteiger partial charge in [0.05, 0.1) is 13.8 Å². The zero-order valence-electron chi connectivity index (χ0n) is 17.5. The normalized spacial score (nSPS) is 17.0. The quantitative estimate of drug-likeness (QED) is 0.393. The van der Waals surface area contributed by atoms with E-state index >= 15 is 0 Å². The number of hydrogen-bond donors (Lipinski definition) is 0. The lowest BCUT2D eigenvalue weighted by Gasteiger charge is -2.39. The highest BCUT2D eigenvalue weighted by Gasteiger charge is 2.34. The van der Waals surface area contributed by atoms with Gasteiger partial charge in [0.15, 0.2) is 0 Å². The Morgan fingerprint density at radius 1 is 0.931 bits per heavy atom. The van der Waals surface area contributed by atoms with E-state index in [2.05, 4.69) is 17.0 Å². The molecule has 1 aliphatic carbocycles. The van der Waals surface area contributed by atoms with Crippen LogP contribution in [-0.2, 0) is 9.09 Å². The minimum absolute atomic E-state index is 0.390. The fourth-order valence-electron chi connectivity index (χ4n) is 3.73. The Balaban J connectivity index is 1.81. The van der Waals surface area contributed by atoms with Gasteiger partial charge in [0.1, 0.15) is 11.5 Å². The summed E-state index contributed by atoms with van der Waals surface area (Å²) < 4.78 is 31.6. The van der Waals surface area contributed by atoms with Crippen molar-refractivity contribution < 1.29 is 18.3 Å². The van der Waals surface area contributed by atoms with E-state index in [1.54, 1.807) is 31.0 Å². The van der Waals surface area contributed by atoms with Crippen LogP contribution < -0.4 is 14.2 Å². The summed E-state index contributed by atoms with van der Waals surface area (Å²) in [6.45, 7) is 0.439. The van der Waals surface area contributed by atoms with E-state index in [0.29, 0.717) is 18.5 Å². The van der Waals surface area contributed by atoms with Gasteiger partial charge in [-0.2, -0.15) is 4.67 Å². The minimum atomic E-state index is -3.49. The molecule has 3 rings (SSSR count). The molecule has 1 saturated carbocycles. The summed E-state index contributed by atoms with van der Waals surface area (Å²) in [5.41, 5.74) is 1.08. The average Bonchev–Trinajstić information content (AvgIpc) is 2.78. The Morgan fingerprint density at radius 2 is 1.59 bits per heavy atom. The van der Waals surface area contributed by atoms with Crippen molar-refractivity contribution in [3.63, 3.8) is 0 Å². The van der Waals surface area contributed by atoms with Gasteiger partial charge in [-0.1, -0.05) is 37.5 Å². The average molecular weight is 418 g/mol. The molecule has 0 heterocycles. The number of nitrogens with zero attached hydrogens (tertiary/aromatic N) is 2. The molecule has 29 heavy (non-hydrogen) atoms. The third-order valence-corrected chi connectivity index (χ3v) is 7.26. The molecule has 7 heteroatoms. The third kappa shape index (κ3) is 5.53. The molecule has 1 unspecified atom stereocenters. The minimum Gasteiger partial charge on any atom is -0.497 e.